The molecule has 1 heterocycles. The Morgan fingerprint density at radius 3 is 2.75 bits per heavy atom. The van der Waals surface area contributed by atoms with Crippen molar-refractivity contribution in [3.8, 4) is 6.07 Å². The molecule has 4 heteroatoms. The zero-order valence-electron chi connectivity index (χ0n) is 12.0. The number of anilines is 1. The number of rotatable bonds is 5. The molecular formula is C16H22ClN3. The molecule has 0 aliphatic carbocycles. The fourth-order valence-corrected chi connectivity index (χ4v) is 2.98. The molecule has 0 amide bonds. The van der Waals surface area contributed by atoms with Gasteiger partial charge in [-0.15, -0.1) is 0 Å². The summed E-state index contributed by atoms with van der Waals surface area (Å²) in [5, 5.41) is 12.9. The van der Waals surface area contributed by atoms with Crippen LogP contribution in [0.15, 0.2) is 18.2 Å². The number of hydrogen-bond acceptors (Lipinski definition) is 3. The maximum absolute atomic E-state index is 8.96. The van der Waals surface area contributed by atoms with Gasteiger partial charge in [0.25, 0.3) is 0 Å². The van der Waals surface area contributed by atoms with Gasteiger partial charge in [0.05, 0.1) is 10.6 Å². The van der Waals surface area contributed by atoms with E-state index < -0.39 is 0 Å². The van der Waals surface area contributed by atoms with Crippen LogP contribution in [0.1, 0.15) is 31.7 Å². The van der Waals surface area contributed by atoms with Gasteiger partial charge in [0.15, 0.2) is 0 Å². The third-order valence-corrected chi connectivity index (χ3v) is 4.18. The van der Waals surface area contributed by atoms with Crippen LogP contribution in [0.5, 0.6) is 0 Å². The van der Waals surface area contributed by atoms with Crippen molar-refractivity contribution in [3.05, 3.63) is 28.8 Å². The summed E-state index contributed by atoms with van der Waals surface area (Å²) in [6.45, 7) is 6.56. The molecule has 2 rings (SSSR count). The first kappa shape index (κ1) is 15.2. The number of nitrogens with one attached hydrogen (secondary N) is 1. The van der Waals surface area contributed by atoms with E-state index in [1.165, 1.54) is 12.8 Å². The Labute approximate surface area is 126 Å². The van der Waals surface area contributed by atoms with Crippen LogP contribution in [-0.4, -0.2) is 26.2 Å². The molecule has 0 radical (unpaired) electrons. The van der Waals surface area contributed by atoms with E-state index in [0.29, 0.717) is 10.6 Å². The van der Waals surface area contributed by atoms with Gasteiger partial charge in [-0.1, -0.05) is 18.5 Å². The van der Waals surface area contributed by atoms with E-state index in [4.69, 9.17) is 16.9 Å². The second-order valence-electron chi connectivity index (χ2n) is 5.42. The lowest BCUT2D eigenvalue weighted by Crippen LogP contribution is -2.36. The van der Waals surface area contributed by atoms with Crippen LogP contribution in [0, 0.1) is 17.2 Å². The molecular weight excluding hydrogens is 270 g/mol. The Kier molecular flexibility index (Phi) is 5.70. The highest BCUT2D eigenvalue weighted by Crippen LogP contribution is 2.25. The average Bonchev–Trinajstić information content (AvgIpc) is 2.48. The summed E-state index contributed by atoms with van der Waals surface area (Å²) in [4.78, 5) is 2.41. The smallest absolute Gasteiger partial charge is 0.101 e. The first-order valence-corrected chi connectivity index (χ1v) is 7.77. The van der Waals surface area contributed by atoms with Gasteiger partial charge in [-0.25, -0.2) is 0 Å². The van der Waals surface area contributed by atoms with Crippen molar-refractivity contribution >= 4 is 17.3 Å². The number of nitriles is 1. The van der Waals surface area contributed by atoms with E-state index in [1.54, 1.807) is 0 Å². The number of halogens is 1. The van der Waals surface area contributed by atoms with Gasteiger partial charge in [-0.3, -0.25) is 0 Å². The fourth-order valence-electron chi connectivity index (χ4n) is 2.76. The summed E-state index contributed by atoms with van der Waals surface area (Å²) in [7, 11) is 0. The minimum Gasteiger partial charge on any atom is -0.371 e. The number of nitrogens with zero attached hydrogens (tertiary/aromatic N) is 2. The maximum Gasteiger partial charge on any atom is 0.101 e. The van der Waals surface area contributed by atoms with E-state index in [0.717, 1.165) is 44.2 Å². The van der Waals surface area contributed by atoms with E-state index >= 15 is 0 Å². The van der Waals surface area contributed by atoms with Crippen molar-refractivity contribution in [1.82, 2.24) is 5.32 Å². The Morgan fingerprint density at radius 1 is 1.40 bits per heavy atom. The van der Waals surface area contributed by atoms with Crippen molar-refractivity contribution in [2.75, 3.05) is 31.1 Å². The molecule has 1 aliphatic rings. The first-order valence-electron chi connectivity index (χ1n) is 7.40. The van der Waals surface area contributed by atoms with Gasteiger partial charge >= 0.3 is 0 Å². The Hall–Kier alpha value is -1.24. The SMILES string of the molecule is CCCN(CC1CCNCC1)c1ccc(C#N)c(Cl)c1. The van der Waals surface area contributed by atoms with Crippen molar-refractivity contribution in [2.24, 2.45) is 5.92 Å². The lowest BCUT2D eigenvalue weighted by atomic mass is 9.97. The van der Waals surface area contributed by atoms with Crippen LogP contribution < -0.4 is 10.2 Å². The lowest BCUT2D eigenvalue weighted by Gasteiger charge is -2.31. The van der Waals surface area contributed by atoms with E-state index in [9.17, 15) is 0 Å². The molecule has 20 heavy (non-hydrogen) atoms. The molecule has 0 unspecified atom stereocenters. The van der Waals surface area contributed by atoms with Crippen LogP contribution in [-0.2, 0) is 0 Å². The normalized spacial score (nSPS) is 15.8. The van der Waals surface area contributed by atoms with Gasteiger partial charge in [-0.2, -0.15) is 5.26 Å². The van der Waals surface area contributed by atoms with Crippen LogP contribution in [0.4, 0.5) is 5.69 Å². The van der Waals surface area contributed by atoms with Gasteiger partial charge < -0.3 is 10.2 Å². The number of piperidine rings is 1. The Balaban J connectivity index is 2.10. The minimum atomic E-state index is 0.550. The average molecular weight is 292 g/mol. The molecule has 1 N–H and O–H groups in total. The summed E-state index contributed by atoms with van der Waals surface area (Å²) in [6, 6.07) is 7.88. The summed E-state index contributed by atoms with van der Waals surface area (Å²) in [5.74, 6) is 0.747. The fraction of sp³-hybridized carbons (Fsp3) is 0.562. The predicted molar refractivity (Wildman–Crippen MR) is 84.3 cm³/mol. The predicted octanol–water partition coefficient (Wildman–Crippen LogP) is 3.43. The van der Waals surface area contributed by atoms with Crippen molar-refractivity contribution < 1.29 is 0 Å². The summed E-state index contributed by atoms with van der Waals surface area (Å²) >= 11 is 6.16. The molecule has 1 saturated heterocycles. The highest BCUT2D eigenvalue weighted by atomic mass is 35.5. The third kappa shape index (κ3) is 3.88. The molecule has 1 aromatic rings. The van der Waals surface area contributed by atoms with Crippen LogP contribution in [0.2, 0.25) is 5.02 Å². The van der Waals surface area contributed by atoms with E-state index in [1.807, 2.05) is 18.2 Å². The van der Waals surface area contributed by atoms with Crippen LogP contribution >= 0.6 is 11.6 Å². The minimum absolute atomic E-state index is 0.550. The lowest BCUT2D eigenvalue weighted by molar-refractivity contribution is 0.373. The number of benzene rings is 1. The van der Waals surface area contributed by atoms with E-state index in [2.05, 4.69) is 23.2 Å². The van der Waals surface area contributed by atoms with E-state index in [-0.39, 0.29) is 0 Å². The quantitative estimate of drug-likeness (QED) is 0.903. The van der Waals surface area contributed by atoms with Crippen molar-refractivity contribution in [2.45, 2.75) is 26.2 Å². The van der Waals surface area contributed by atoms with Crippen molar-refractivity contribution in [1.29, 1.82) is 5.26 Å². The second kappa shape index (κ2) is 7.52. The van der Waals surface area contributed by atoms with Gasteiger partial charge in [0.2, 0.25) is 0 Å². The molecule has 0 aromatic heterocycles. The zero-order valence-corrected chi connectivity index (χ0v) is 12.8. The topological polar surface area (TPSA) is 39.1 Å². The van der Waals surface area contributed by atoms with Crippen LogP contribution in [0.25, 0.3) is 0 Å². The maximum atomic E-state index is 8.96. The molecule has 1 aromatic carbocycles. The van der Waals surface area contributed by atoms with Gasteiger partial charge in [0.1, 0.15) is 6.07 Å². The summed E-state index contributed by atoms with van der Waals surface area (Å²) in [6.07, 6.45) is 3.59. The molecule has 3 nitrogen and oxygen atoms in total. The highest BCUT2D eigenvalue weighted by molar-refractivity contribution is 6.32. The Bertz CT molecular complexity index is 475. The summed E-state index contributed by atoms with van der Waals surface area (Å²) < 4.78 is 0. The van der Waals surface area contributed by atoms with Crippen molar-refractivity contribution in [3.63, 3.8) is 0 Å². The largest absolute Gasteiger partial charge is 0.371 e. The molecule has 1 fully saturated rings. The molecule has 108 valence electrons. The summed E-state index contributed by atoms with van der Waals surface area (Å²) in [5.41, 5.74) is 1.68. The first-order chi connectivity index (χ1) is 9.74. The monoisotopic (exact) mass is 291 g/mol. The molecule has 0 spiro atoms. The zero-order chi connectivity index (χ0) is 14.4. The molecule has 0 saturated carbocycles. The van der Waals surface area contributed by atoms with Crippen LogP contribution in [0.3, 0.4) is 0 Å². The number of hydrogen-bond donors (Lipinski definition) is 1. The Morgan fingerprint density at radius 2 is 2.15 bits per heavy atom. The standard InChI is InChI=1S/C16H22ClN3/c1-2-9-20(12-13-5-7-19-8-6-13)15-4-3-14(11-18)16(17)10-15/h3-4,10,13,19H,2,5-9,12H2,1H3. The molecule has 0 atom stereocenters. The third-order valence-electron chi connectivity index (χ3n) is 3.87. The molecule has 0 bridgehead atoms. The van der Waals surface area contributed by atoms with Gasteiger partial charge in [0, 0.05) is 18.8 Å². The second-order valence-corrected chi connectivity index (χ2v) is 5.82. The molecule has 1 aliphatic heterocycles. The van der Waals surface area contributed by atoms with Gasteiger partial charge in [-0.05, 0) is 56.5 Å². The highest BCUT2D eigenvalue weighted by Gasteiger charge is 2.17.